The number of rotatable bonds is 3. The predicted molar refractivity (Wildman–Crippen MR) is 85.5 cm³/mol. The van der Waals surface area contributed by atoms with E-state index < -0.39 is 0 Å². The first-order valence-electron chi connectivity index (χ1n) is 6.27. The highest BCUT2D eigenvalue weighted by Crippen LogP contribution is 2.31. The molecule has 106 valence electrons. The molecular formula is C15H13BrN4O. The Morgan fingerprint density at radius 2 is 2.10 bits per heavy atom. The Bertz CT molecular complexity index is 785. The van der Waals surface area contributed by atoms with Gasteiger partial charge >= 0.3 is 0 Å². The summed E-state index contributed by atoms with van der Waals surface area (Å²) in [6, 6.07) is 9.54. The van der Waals surface area contributed by atoms with Gasteiger partial charge in [-0.05, 0) is 30.3 Å². The Labute approximate surface area is 130 Å². The molecule has 3 aromatic rings. The number of nitrogens with two attached hydrogens (primary N) is 1. The molecule has 0 atom stereocenters. The van der Waals surface area contributed by atoms with Crippen LogP contribution in [0.4, 0.5) is 5.82 Å². The van der Waals surface area contributed by atoms with Crippen LogP contribution in [0.3, 0.4) is 0 Å². The fourth-order valence-corrected chi connectivity index (χ4v) is 2.51. The number of nitrogens with zero attached hydrogens (tertiary/aromatic N) is 3. The van der Waals surface area contributed by atoms with E-state index in [1.165, 1.54) is 0 Å². The molecule has 6 heteroatoms. The summed E-state index contributed by atoms with van der Waals surface area (Å²) < 4.78 is 8.35. The third kappa shape index (κ3) is 2.62. The highest BCUT2D eigenvalue weighted by atomic mass is 79.9. The molecule has 0 saturated carbocycles. The minimum atomic E-state index is 0.474. The summed E-state index contributed by atoms with van der Waals surface area (Å²) in [5.41, 5.74) is 8.52. The number of hydrogen-bond donors (Lipinski definition) is 1. The van der Waals surface area contributed by atoms with Crippen molar-refractivity contribution in [2.24, 2.45) is 0 Å². The summed E-state index contributed by atoms with van der Waals surface area (Å²) in [5, 5.41) is 0. The SMILES string of the molecule is COc1ccc(Br)cc1-n1cncc1-c1ccnc(N)c1. The van der Waals surface area contributed by atoms with Gasteiger partial charge < -0.3 is 10.5 Å². The lowest BCUT2D eigenvalue weighted by molar-refractivity contribution is 0.413. The molecule has 0 amide bonds. The van der Waals surface area contributed by atoms with Crippen molar-refractivity contribution < 1.29 is 4.74 Å². The predicted octanol–water partition coefficient (Wildman–Crippen LogP) is 3.29. The van der Waals surface area contributed by atoms with Gasteiger partial charge in [0.05, 0.1) is 31.0 Å². The lowest BCUT2D eigenvalue weighted by Crippen LogP contribution is -1.99. The van der Waals surface area contributed by atoms with Crippen LogP contribution in [0.25, 0.3) is 16.9 Å². The number of halogens is 1. The molecule has 2 N–H and O–H groups in total. The molecule has 1 aromatic carbocycles. The van der Waals surface area contributed by atoms with Gasteiger partial charge in [-0.15, -0.1) is 0 Å². The first-order valence-corrected chi connectivity index (χ1v) is 7.06. The van der Waals surface area contributed by atoms with Gasteiger partial charge in [0, 0.05) is 16.2 Å². The summed E-state index contributed by atoms with van der Waals surface area (Å²) in [6.07, 6.45) is 5.21. The molecule has 0 aliphatic carbocycles. The molecule has 21 heavy (non-hydrogen) atoms. The van der Waals surface area contributed by atoms with Crippen LogP contribution < -0.4 is 10.5 Å². The maximum atomic E-state index is 5.76. The molecule has 0 aliphatic rings. The average Bonchev–Trinajstić information content (AvgIpc) is 2.96. The van der Waals surface area contributed by atoms with E-state index >= 15 is 0 Å². The average molecular weight is 345 g/mol. The molecule has 0 bridgehead atoms. The monoisotopic (exact) mass is 344 g/mol. The standard InChI is InChI=1S/C15H13BrN4O/c1-21-14-3-2-11(16)7-12(14)20-9-18-8-13(20)10-4-5-19-15(17)6-10/h2-9H,1H3,(H2,17,19). The van der Waals surface area contributed by atoms with Crippen molar-refractivity contribution in [2.45, 2.75) is 0 Å². The van der Waals surface area contributed by atoms with Crippen LogP contribution in [-0.4, -0.2) is 21.6 Å². The van der Waals surface area contributed by atoms with Crippen LogP contribution in [0.5, 0.6) is 5.75 Å². The van der Waals surface area contributed by atoms with Crippen molar-refractivity contribution in [3.05, 3.63) is 53.5 Å². The van der Waals surface area contributed by atoms with Crippen LogP contribution in [0.1, 0.15) is 0 Å². The van der Waals surface area contributed by atoms with Gasteiger partial charge in [-0.25, -0.2) is 9.97 Å². The van der Waals surface area contributed by atoms with Crippen LogP contribution in [0.15, 0.2) is 53.5 Å². The number of methoxy groups -OCH3 is 1. The minimum absolute atomic E-state index is 0.474. The first-order chi connectivity index (χ1) is 10.2. The van der Waals surface area contributed by atoms with E-state index in [2.05, 4.69) is 25.9 Å². The van der Waals surface area contributed by atoms with Crippen LogP contribution in [-0.2, 0) is 0 Å². The van der Waals surface area contributed by atoms with Gasteiger partial charge in [-0.2, -0.15) is 0 Å². The molecule has 3 rings (SSSR count). The highest BCUT2D eigenvalue weighted by molar-refractivity contribution is 9.10. The van der Waals surface area contributed by atoms with E-state index in [1.807, 2.05) is 34.9 Å². The minimum Gasteiger partial charge on any atom is -0.495 e. The second-order valence-corrected chi connectivity index (χ2v) is 5.35. The number of anilines is 1. The zero-order valence-electron chi connectivity index (χ0n) is 11.3. The number of aromatic nitrogens is 3. The van der Waals surface area contributed by atoms with Gasteiger partial charge in [0.15, 0.2) is 0 Å². The van der Waals surface area contributed by atoms with E-state index in [9.17, 15) is 0 Å². The van der Waals surface area contributed by atoms with Crippen molar-refractivity contribution in [1.82, 2.24) is 14.5 Å². The number of nitrogen functional groups attached to an aromatic ring is 1. The number of imidazole rings is 1. The Hall–Kier alpha value is -2.34. The fraction of sp³-hybridized carbons (Fsp3) is 0.0667. The van der Waals surface area contributed by atoms with Crippen molar-refractivity contribution in [1.29, 1.82) is 0 Å². The Balaban J connectivity index is 2.18. The molecule has 0 spiro atoms. The molecular weight excluding hydrogens is 332 g/mol. The number of ether oxygens (including phenoxy) is 1. The van der Waals surface area contributed by atoms with Crippen molar-refractivity contribution in [2.75, 3.05) is 12.8 Å². The first kappa shape index (κ1) is 13.6. The molecule has 0 saturated heterocycles. The number of pyridine rings is 1. The normalized spacial score (nSPS) is 10.6. The molecule has 0 unspecified atom stereocenters. The van der Waals surface area contributed by atoms with Gasteiger partial charge in [0.1, 0.15) is 11.6 Å². The lowest BCUT2D eigenvalue weighted by Gasteiger charge is -2.13. The molecule has 2 heterocycles. The van der Waals surface area contributed by atoms with Gasteiger partial charge in [-0.1, -0.05) is 15.9 Å². The van der Waals surface area contributed by atoms with Crippen molar-refractivity contribution >= 4 is 21.7 Å². The van der Waals surface area contributed by atoms with E-state index in [1.54, 1.807) is 25.8 Å². The van der Waals surface area contributed by atoms with Crippen LogP contribution in [0, 0.1) is 0 Å². The number of hydrogen-bond acceptors (Lipinski definition) is 4. The maximum Gasteiger partial charge on any atom is 0.142 e. The van der Waals surface area contributed by atoms with E-state index in [0.29, 0.717) is 5.82 Å². The van der Waals surface area contributed by atoms with E-state index in [0.717, 1.165) is 27.2 Å². The summed E-state index contributed by atoms with van der Waals surface area (Å²) in [7, 11) is 1.65. The second kappa shape index (κ2) is 5.57. The van der Waals surface area contributed by atoms with Gasteiger partial charge in [-0.3, -0.25) is 4.57 Å². The largest absolute Gasteiger partial charge is 0.495 e. The van der Waals surface area contributed by atoms with Gasteiger partial charge in [0.25, 0.3) is 0 Å². The van der Waals surface area contributed by atoms with Crippen molar-refractivity contribution in [3.8, 4) is 22.7 Å². The smallest absolute Gasteiger partial charge is 0.142 e. The van der Waals surface area contributed by atoms with Crippen LogP contribution >= 0.6 is 15.9 Å². The quantitative estimate of drug-likeness (QED) is 0.791. The topological polar surface area (TPSA) is 66.0 Å². The molecule has 0 aliphatic heterocycles. The Morgan fingerprint density at radius 3 is 2.86 bits per heavy atom. The zero-order valence-corrected chi connectivity index (χ0v) is 12.9. The summed E-state index contributed by atoms with van der Waals surface area (Å²) in [6.45, 7) is 0. The third-order valence-electron chi connectivity index (χ3n) is 3.12. The lowest BCUT2D eigenvalue weighted by atomic mass is 10.2. The maximum absolute atomic E-state index is 5.76. The van der Waals surface area contributed by atoms with Gasteiger partial charge in [0.2, 0.25) is 0 Å². The highest BCUT2D eigenvalue weighted by Gasteiger charge is 2.12. The molecule has 0 fully saturated rings. The Morgan fingerprint density at radius 1 is 1.24 bits per heavy atom. The third-order valence-corrected chi connectivity index (χ3v) is 3.61. The molecule has 2 aromatic heterocycles. The van der Waals surface area contributed by atoms with E-state index in [-0.39, 0.29) is 0 Å². The summed E-state index contributed by atoms with van der Waals surface area (Å²) in [5.74, 6) is 1.24. The molecule has 5 nitrogen and oxygen atoms in total. The van der Waals surface area contributed by atoms with E-state index in [4.69, 9.17) is 10.5 Å². The zero-order chi connectivity index (χ0) is 14.8. The number of benzene rings is 1. The summed E-state index contributed by atoms with van der Waals surface area (Å²) in [4.78, 5) is 8.26. The van der Waals surface area contributed by atoms with Crippen LogP contribution in [0.2, 0.25) is 0 Å². The molecule has 0 radical (unpaired) electrons. The summed E-state index contributed by atoms with van der Waals surface area (Å²) >= 11 is 3.48. The fourth-order valence-electron chi connectivity index (χ4n) is 2.16. The van der Waals surface area contributed by atoms with Crippen molar-refractivity contribution in [3.63, 3.8) is 0 Å². The second-order valence-electron chi connectivity index (χ2n) is 4.43. The Kier molecular flexibility index (Phi) is 3.62.